The van der Waals surface area contributed by atoms with Crippen molar-refractivity contribution >= 4 is 17.5 Å². The van der Waals surface area contributed by atoms with E-state index in [1.807, 2.05) is 6.92 Å². The van der Waals surface area contributed by atoms with Crippen molar-refractivity contribution in [3.8, 4) is 0 Å². The lowest BCUT2D eigenvalue weighted by Gasteiger charge is -2.26. The number of benzene rings is 1. The normalized spacial score (nSPS) is 18.8. The summed E-state index contributed by atoms with van der Waals surface area (Å²) in [7, 11) is 0. The Kier molecular flexibility index (Phi) is 5.02. The molecular formula is C15H20ClNO3. The topological polar surface area (TPSA) is 47.6 Å². The first-order chi connectivity index (χ1) is 9.48. The van der Waals surface area contributed by atoms with Crippen LogP contribution in [0, 0.1) is 5.92 Å². The molecule has 1 amide bonds. The van der Waals surface area contributed by atoms with Gasteiger partial charge in [-0.3, -0.25) is 4.79 Å². The second kappa shape index (κ2) is 6.57. The van der Waals surface area contributed by atoms with E-state index in [0.29, 0.717) is 30.3 Å². The second-order valence-electron chi connectivity index (χ2n) is 5.36. The fourth-order valence-electron chi connectivity index (χ4n) is 2.38. The zero-order valence-corrected chi connectivity index (χ0v) is 12.6. The van der Waals surface area contributed by atoms with Gasteiger partial charge in [-0.25, -0.2) is 0 Å². The highest BCUT2D eigenvalue weighted by Crippen LogP contribution is 2.26. The lowest BCUT2D eigenvalue weighted by atomic mass is 10.0. The molecule has 1 atom stereocenters. The molecule has 110 valence electrons. The summed E-state index contributed by atoms with van der Waals surface area (Å²) in [6.07, 6.45) is 0.753. The van der Waals surface area contributed by atoms with Crippen molar-refractivity contribution in [1.82, 2.24) is 5.32 Å². The second-order valence-corrected chi connectivity index (χ2v) is 5.80. The molecule has 1 aromatic rings. The zero-order valence-electron chi connectivity index (χ0n) is 11.8. The van der Waals surface area contributed by atoms with Gasteiger partial charge in [-0.05, 0) is 31.0 Å². The molecule has 1 N–H and O–H groups in total. The Morgan fingerprint density at radius 1 is 1.45 bits per heavy atom. The van der Waals surface area contributed by atoms with Crippen LogP contribution in [0.4, 0.5) is 0 Å². The highest BCUT2D eigenvalue weighted by molar-refractivity contribution is 6.30. The van der Waals surface area contributed by atoms with Crippen LogP contribution >= 0.6 is 11.6 Å². The van der Waals surface area contributed by atoms with Gasteiger partial charge in [0.1, 0.15) is 0 Å². The first-order valence-corrected chi connectivity index (χ1v) is 7.18. The van der Waals surface area contributed by atoms with Gasteiger partial charge in [-0.2, -0.15) is 0 Å². The molecule has 1 aliphatic heterocycles. The molecule has 0 aromatic heterocycles. The van der Waals surface area contributed by atoms with Gasteiger partial charge in [0.05, 0.1) is 13.2 Å². The van der Waals surface area contributed by atoms with E-state index in [0.717, 1.165) is 6.42 Å². The average Bonchev–Trinajstić information content (AvgIpc) is 2.82. The number of hydrogen-bond donors (Lipinski definition) is 1. The van der Waals surface area contributed by atoms with Gasteiger partial charge in [-0.1, -0.05) is 24.6 Å². The van der Waals surface area contributed by atoms with Crippen molar-refractivity contribution in [3.63, 3.8) is 0 Å². The van der Waals surface area contributed by atoms with Gasteiger partial charge in [-0.15, -0.1) is 0 Å². The predicted octanol–water partition coefficient (Wildman–Crippen LogP) is 2.86. The number of ether oxygens (including phenoxy) is 2. The number of rotatable bonds is 5. The number of amides is 1. The molecule has 1 aliphatic rings. The Balaban J connectivity index is 1.81. The Bertz CT molecular complexity index is 472. The summed E-state index contributed by atoms with van der Waals surface area (Å²) in [4.78, 5) is 12.0. The number of nitrogens with one attached hydrogen (secondary N) is 1. The Labute approximate surface area is 124 Å². The molecular weight excluding hydrogens is 278 g/mol. The molecule has 0 radical (unpaired) electrons. The van der Waals surface area contributed by atoms with Crippen LogP contribution in [0.15, 0.2) is 24.3 Å². The van der Waals surface area contributed by atoms with Crippen molar-refractivity contribution in [1.29, 1.82) is 0 Å². The molecule has 1 aromatic carbocycles. The van der Waals surface area contributed by atoms with E-state index in [4.69, 9.17) is 21.1 Å². The first kappa shape index (κ1) is 15.3. The summed E-state index contributed by atoms with van der Waals surface area (Å²) in [5.74, 6) is -0.362. The highest BCUT2D eigenvalue weighted by atomic mass is 35.5. The fourth-order valence-corrected chi connectivity index (χ4v) is 2.57. The van der Waals surface area contributed by atoms with Crippen LogP contribution in [0.25, 0.3) is 0 Å². The molecule has 1 fully saturated rings. The lowest BCUT2D eigenvalue weighted by Crippen LogP contribution is -2.34. The summed E-state index contributed by atoms with van der Waals surface area (Å²) >= 11 is 5.87. The smallest absolute Gasteiger partial charge is 0.251 e. The van der Waals surface area contributed by atoms with Gasteiger partial charge in [0.15, 0.2) is 5.79 Å². The minimum absolute atomic E-state index is 0.113. The molecule has 0 aliphatic carbocycles. The quantitative estimate of drug-likeness (QED) is 0.909. The molecule has 0 saturated carbocycles. The Morgan fingerprint density at radius 2 is 2.15 bits per heavy atom. The van der Waals surface area contributed by atoms with Gasteiger partial charge in [0.25, 0.3) is 5.91 Å². The molecule has 0 spiro atoms. The van der Waals surface area contributed by atoms with Crippen LogP contribution in [0.3, 0.4) is 0 Å². The van der Waals surface area contributed by atoms with Crippen LogP contribution in [-0.2, 0) is 9.47 Å². The molecule has 0 unspecified atom stereocenters. The lowest BCUT2D eigenvalue weighted by molar-refractivity contribution is -0.153. The van der Waals surface area contributed by atoms with E-state index in [9.17, 15) is 4.79 Å². The SMILES string of the molecule is C[C@@H](CNC(=O)c1cccc(Cl)c1)CC1(C)OCCO1. The molecule has 20 heavy (non-hydrogen) atoms. The highest BCUT2D eigenvalue weighted by Gasteiger charge is 2.32. The van der Waals surface area contributed by atoms with Crippen LogP contribution in [0.2, 0.25) is 5.02 Å². The third-order valence-corrected chi connectivity index (χ3v) is 3.55. The zero-order chi connectivity index (χ0) is 14.6. The number of carbonyl (C=O) groups is 1. The van der Waals surface area contributed by atoms with E-state index in [2.05, 4.69) is 12.2 Å². The Morgan fingerprint density at radius 3 is 2.80 bits per heavy atom. The first-order valence-electron chi connectivity index (χ1n) is 6.80. The Hall–Kier alpha value is -1.10. The molecule has 0 bridgehead atoms. The van der Waals surface area contributed by atoms with Crippen LogP contribution in [0.5, 0.6) is 0 Å². The average molecular weight is 298 g/mol. The maximum absolute atomic E-state index is 12.0. The maximum atomic E-state index is 12.0. The van der Waals surface area contributed by atoms with Gasteiger partial charge < -0.3 is 14.8 Å². The van der Waals surface area contributed by atoms with E-state index >= 15 is 0 Å². The predicted molar refractivity (Wildman–Crippen MR) is 77.9 cm³/mol. The summed E-state index contributed by atoms with van der Waals surface area (Å²) in [5, 5.41) is 3.47. The summed E-state index contributed by atoms with van der Waals surface area (Å²) < 4.78 is 11.1. The number of hydrogen-bond acceptors (Lipinski definition) is 3. The van der Waals surface area contributed by atoms with Crippen LogP contribution < -0.4 is 5.32 Å². The standard InChI is InChI=1S/C15H20ClNO3/c1-11(9-15(2)19-6-7-20-15)10-17-14(18)12-4-3-5-13(16)8-12/h3-5,8,11H,6-7,9-10H2,1-2H3,(H,17,18)/t11-/m1/s1. The summed E-state index contributed by atoms with van der Waals surface area (Å²) in [6.45, 7) is 5.85. The van der Waals surface area contributed by atoms with E-state index in [-0.39, 0.29) is 11.8 Å². The molecule has 5 heteroatoms. The monoisotopic (exact) mass is 297 g/mol. The third-order valence-electron chi connectivity index (χ3n) is 3.32. The molecule has 1 heterocycles. The summed E-state index contributed by atoms with van der Waals surface area (Å²) in [5.41, 5.74) is 0.573. The van der Waals surface area contributed by atoms with Crippen molar-refractivity contribution < 1.29 is 14.3 Å². The third kappa shape index (κ3) is 4.20. The van der Waals surface area contributed by atoms with Gasteiger partial charge in [0.2, 0.25) is 0 Å². The van der Waals surface area contributed by atoms with Gasteiger partial charge >= 0.3 is 0 Å². The number of carbonyl (C=O) groups excluding carboxylic acids is 1. The van der Waals surface area contributed by atoms with E-state index < -0.39 is 5.79 Å². The number of halogens is 1. The molecule has 1 saturated heterocycles. The maximum Gasteiger partial charge on any atom is 0.251 e. The molecule has 2 rings (SSSR count). The van der Waals surface area contributed by atoms with Gasteiger partial charge in [0, 0.05) is 23.6 Å². The van der Waals surface area contributed by atoms with E-state index in [1.54, 1.807) is 24.3 Å². The minimum Gasteiger partial charge on any atom is -0.352 e. The van der Waals surface area contributed by atoms with Crippen LogP contribution in [0.1, 0.15) is 30.6 Å². The summed E-state index contributed by atoms with van der Waals surface area (Å²) in [6, 6.07) is 6.92. The fraction of sp³-hybridized carbons (Fsp3) is 0.533. The van der Waals surface area contributed by atoms with Crippen molar-refractivity contribution in [2.45, 2.75) is 26.1 Å². The van der Waals surface area contributed by atoms with Crippen molar-refractivity contribution in [3.05, 3.63) is 34.9 Å². The molecule has 4 nitrogen and oxygen atoms in total. The van der Waals surface area contributed by atoms with Crippen molar-refractivity contribution in [2.24, 2.45) is 5.92 Å². The van der Waals surface area contributed by atoms with Crippen molar-refractivity contribution in [2.75, 3.05) is 19.8 Å². The minimum atomic E-state index is -0.514. The van der Waals surface area contributed by atoms with E-state index in [1.165, 1.54) is 0 Å². The largest absolute Gasteiger partial charge is 0.352 e. The van der Waals surface area contributed by atoms with Crippen LogP contribution in [-0.4, -0.2) is 31.5 Å².